The minimum atomic E-state index is -1.51. The van der Waals surface area contributed by atoms with Gasteiger partial charge in [-0.25, -0.2) is 0 Å². The van der Waals surface area contributed by atoms with E-state index in [1.807, 2.05) is 59.9 Å². The van der Waals surface area contributed by atoms with Crippen LogP contribution in [0.1, 0.15) is 86.0 Å². The molecule has 0 fully saturated rings. The van der Waals surface area contributed by atoms with Crippen molar-refractivity contribution in [3.8, 4) is 78.3 Å². The second kappa shape index (κ2) is 22.2. The van der Waals surface area contributed by atoms with Gasteiger partial charge in [0.25, 0.3) is 0 Å². The lowest BCUT2D eigenvalue weighted by Gasteiger charge is -2.18. The molecule has 372 valence electrons. The summed E-state index contributed by atoms with van der Waals surface area (Å²) in [5, 5.41) is 0. The van der Waals surface area contributed by atoms with Gasteiger partial charge in [0.2, 0.25) is 0 Å². The molecule has 3 nitrogen and oxygen atoms in total. The van der Waals surface area contributed by atoms with Crippen LogP contribution in [-0.2, 0) is 38.4 Å². The Balaban J connectivity index is 0.990. The Labute approximate surface area is 452 Å². The van der Waals surface area contributed by atoms with E-state index in [0.29, 0.717) is 11.1 Å². The van der Waals surface area contributed by atoms with E-state index < -0.39 is 23.6 Å². The molecule has 3 heteroatoms. The Morgan fingerprint density at radius 1 is 0.320 bits per heavy atom. The first-order valence-electron chi connectivity index (χ1n) is 28.4. The third kappa shape index (κ3) is 13.0. The summed E-state index contributed by atoms with van der Waals surface area (Å²) < 4.78 is 35.5. The van der Waals surface area contributed by atoms with Crippen LogP contribution < -0.4 is 0 Å². The minimum Gasteiger partial charge on any atom is -0.256 e. The van der Waals surface area contributed by atoms with Gasteiger partial charge in [0, 0.05) is 40.8 Å². The smallest absolute Gasteiger partial charge is 0.0704 e. The number of rotatable bonds is 15. The van der Waals surface area contributed by atoms with Crippen LogP contribution in [0.3, 0.4) is 0 Å². The van der Waals surface area contributed by atoms with Gasteiger partial charge in [-0.05, 0) is 176 Å². The van der Waals surface area contributed by atoms with Crippen LogP contribution in [0.2, 0.25) is 0 Å². The van der Waals surface area contributed by atoms with Gasteiger partial charge < -0.3 is 0 Å². The fourth-order valence-corrected chi connectivity index (χ4v) is 9.93. The van der Waals surface area contributed by atoms with Crippen LogP contribution in [0.15, 0.2) is 219 Å². The van der Waals surface area contributed by atoms with E-state index in [4.69, 9.17) is 10.5 Å². The Kier molecular flexibility index (Phi) is 13.5. The van der Waals surface area contributed by atoms with Gasteiger partial charge in [0.1, 0.15) is 0 Å². The average Bonchev–Trinajstić information content (AvgIpc) is 3.48. The van der Waals surface area contributed by atoms with E-state index in [1.165, 1.54) is 44.5 Å². The molecule has 0 bridgehead atoms. The zero-order chi connectivity index (χ0) is 55.5. The van der Waals surface area contributed by atoms with Crippen LogP contribution in [0, 0.1) is 17.8 Å². The number of nitrogens with zero attached hydrogens (tertiary/aromatic N) is 3. The number of hydrogen-bond acceptors (Lipinski definition) is 3. The summed E-state index contributed by atoms with van der Waals surface area (Å²) in [7, 11) is 0. The molecular weight excluding hydrogens is 907 g/mol. The van der Waals surface area contributed by atoms with Gasteiger partial charge in [0.05, 0.1) is 17.1 Å². The molecule has 0 aliphatic rings. The van der Waals surface area contributed by atoms with Crippen molar-refractivity contribution in [1.29, 1.82) is 0 Å². The molecule has 75 heavy (non-hydrogen) atoms. The minimum absolute atomic E-state index is 0.565. The Morgan fingerprint density at radius 2 is 0.787 bits per heavy atom. The maximum Gasteiger partial charge on any atom is 0.0704 e. The summed E-state index contributed by atoms with van der Waals surface area (Å²) in [6, 6.07) is 71.0. The quantitative estimate of drug-likeness (QED) is 0.103. The number of benzene rings is 7. The molecule has 0 radical (unpaired) electrons. The SMILES string of the molecule is [2H]C([2H])(c1ccnc(-c2ccc(CCc3cc(CCc4ccc(-c5cc(C([2H])([2H])C(C)(C)C)ccn5)cc4)cc(-c4ccccc4-c4ccc(-c5ccc(C)cn5)cc4-c4ccc(-c5ccccc5)cc4)c3)cc2)c1)C(C)(C)C. The molecule has 0 aliphatic carbocycles. The lowest BCUT2D eigenvalue weighted by molar-refractivity contribution is 0.411. The summed E-state index contributed by atoms with van der Waals surface area (Å²) in [6.07, 6.45) is 5.72. The first kappa shape index (κ1) is 45.6. The van der Waals surface area contributed by atoms with E-state index in [0.717, 1.165) is 87.3 Å². The van der Waals surface area contributed by atoms with Crippen molar-refractivity contribution in [1.82, 2.24) is 15.0 Å². The van der Waals surface area contributed by atoms with Gasteiger partial charge in [0.15, 0.2) is 0 Å². The number of aryl methyl sites for hydroxylation is 5. The van der Waals surface area contributed by atoms with Crippen LogP contribution in [0.5, 0.6) is 0 Å². The van der Waals surface area contributed by atoms with Crippen molar-refractivity contribution in [2.24, 2.45) is 10.8 Å². The second-order valence-electron chi connectivity index (χ2n) is 22.0. The summed E-state index contributed by atoms with van der Waals surface area (Å²) >= 11 is 0. The number of hydrogen-bond donors (Lipinski definition) is 0. The molecule has 0 aliphatic heterocycles. The predicted molar refractivity (Wildman–Crippen MR) is 317 cm³/mol. The summed E-state index contributed by atoms with van der Waals surface area (Å²) in [5.41, 5.74) is 21.0. The molecule has 3 heterocycles. The Hall–Kier alpha value is -8.01. The van der Waals surface area contributed by atoms with E-state index in [2.05, 4.69) is 193 Å². The van der Waals surface area contributed by atoms with E-state index in [9.17, 15) is 0 Å². The van der Waals surface area contributed by atoms with Crippen molar-refractivity contribution in [3.63, 3.8) is 0 Å². The first-order valence-corrected chi connectivity index (χ1v) is 26.4. The van der Waals surface area contributed by atoms with E-state index in [1.54, 1.807) is 24.5 Å². The zero-order valence-electron chi connectivity index (χ0n) is 48.5. The molecule has 10 aromatic rings. The molecular formula is C72H69N3. The molecule has 0 atom stereocenters. The summed E-state index contributed by atoms with van der Waals surface area (Å²) in [4.78, 5) is 14.2. The lowest BCUT2D eigenvalue weighted by atomic mass is 9.86. The van der Waals surface area contributed by atoms with E-state index in [-0.39, 0.29) is 0 Å². The van der Waals surface area contributed by atoms with Gasteiger partial charge in [-0.3, -0.25) is 15.0 Å². The third-order valence-electron chi connectivity index (χ3n) is 13.6. The highest BCUT2D eigenvalue weighted by atomic mass is 14.7. The maximum absolute atomic E-state index is 8.88. The van der Waals surface area contributed by atoms with Gasteiger partial charge >= 0.3 is 0 Å². The lowest BCUT2D eigenvalue weighted by Crippen LogP contribution is -2.09. The molecule has 0 saturated heterocycles. The van der Waals surface area contributed by atoms with Crippen LogP contribution in [0.4, 0.5) is 0 Å². The topological polar surface area (TPSA) is 38.7 Å². The van der Waals surface area contributed by atoms with Gasteiger partial charge in [-0.2, -0.15) is 0 Å². The average molecular weight is 980 g/mol. The molecule has 0 saturated carbocycles. The van der Waals surface area contributed by atoms with Gasteiger partial charge in [-0.1, -0.05) is 205 Å². The molecule has 0 N–H and O–H groups in total. The summed E-state index contributed by atoms with van der Waals surface area (Å²) in [6.45, 7) is 13.7. The highest BCUT2D eigenvalue weighted by Crippen LogP contribution is 2.41. The van der Waals surface area contributed by atoms with Crippen molar-refractivity contribution < 1.29 is 5.48 Å². The highest BCUT2D eigenvalue weighted by molar-refractivity contribution is 5.94. The number of aromatic nitrogens is 3. The molecule has 0 spiro atoms. The summed E-state index contributed by atoms with van der Waals surface area (Å²) in [5.74, 6) is 0. The van der Waals surface area contributed by atoms with E-state index >= 15 is 0 Å². The number of pyridine rings is 3. The van der Waals surface area contributed by atoms with Crippen molar-refractivity contribution in [2.45, 2.75) is 86.9 Å². The largest absolute Gasteiger partial charge is 0.256 e. The Bertz CT molecular complexity index is 3590. The van der Waals surface area contributed by atoms with Crippen molar-refractivity contribution in [3.05, 3.63) is 258 Å². The van der Waals surface area contributed by atoms with Crippen LogP contribution in [-0.4, -0.2) is 15.0 Å². The first-order chi connectivity index (χ1) is 37.8. The standard InChI is InChI=1S/C72H69N3/c1-50-17-36-68(75-49-50)62-34-35-66(67(46-62)59-32-30-58(31-33-59)57-13-9-8-10-14-57)65-16-12-11-15-64(65)63-42-53(20-18-51-22-26-60(27-23-51)69-44-55(37-39-73-69)47-71(2,3)4)41-54(43-63)21-19-52-24-28-61(29-25-52)70-45-56(38-40-74-70)48-72(5,6)7/h8-17,22-46,49H,18-21,47-48H2,1-7H3/i47D2,48D2. The van der Waals surface area contributed by atoms with Gasteiger partial charge in [-0.15, -0.1) is 0 Å². The molecule has 10 rings (SSSR count). The molecule has 0 unspecified atom stereocenters. The van der Waals surface area contributed by atoms with Crippen molar-refractivity contribution in [2.75, 3.05) is 0 Å². The second-order valence-corrected chi connectivity index (χ2v) is 22.0. The van der Waals surface area contributed by atoms with Crippen LogP contribution >= 0.6 is 0 Å². The Morgan fingerprint density at radius 3 is 1.32 bits per heavy atom. The molecule has 7 aromatic carbocycles. The third-order valence-corrected chi connectivity index (χ3v) is 13.6. The van der Waals surface area contributed by atoms with Crippen LogP contribution in [0.25, 0.3) is 78.3 Å². The zero-order valence-corrected chi connectivity index (χ0v) is 44.5. The molecule has 3 aromatic heterocycles. The normalized spacial score (nSPS) is 12.9. The maximum atomic E-state index is 8.88. The predicted octanol–water partition coefficient (Wildman–Crippen LogP) is 18.6. The highest BCUT2D eigenvalue weighted by Gasteiger charge is 2.18. The molecule has 0 amide bonds. The fraction of sp³-hybridized carbons (Fsp3) is 0.208. The monoisotopic (exact) mass is 980 g/mol. The van der Waals surface area contributed by atoms with Crippen molar-refractivity contribution >= 4 is 0 Å². The fourth-order valence-electron chi connectivity index (χ4n) is 9.93.